The Hall–Kier alpha value is -1.53. The highest BCUT2D eigenvalue weighted by molar-refractivity contribution is 5.34. The molecule has 0 aliphatic carbocycles. The minimum atomic E-state index is 0.663. The normalized spacial score (nSPS) is 10.1. The van der Waals surface area contributed by atoms with Gasteiger partial charge in [0.05, 0.1) is 11.6 Å². The fraction of sp³-hybridized carbons (Fsp3) is 0.462. The second-order valence-electron chi connectivity index (χ2n) is 3.51. The van der Waals surface area contributed by atoms with E-state index in [9.17, 15) is 0 Å². The van der Waals surface area contributed by atoms with Crippen LogP contribution < -0.4 is 4.74 Å². The van der Waals surface area contributed by atoms with Crippen LogP contribution in [-0.4, -0.2) is 31.1 Å². The van der Waals surface area contributed by atoms with Crippen LogP contribution in [0.3, 0.4) is 0 Å². The van der Waals surface area contributed by atoms with E-state index in [1.54, 1.807) is 12.1 Å². The van der Waals surface area contributed by atoms with Gasteiger partial charge in [0.2, 0.25) is 0 Å². The smallest absolute Gasteiger partial charge is 0.119 e. The number of nitrogens with zero attached hydrogens (tertiary/aromatic N) is 2. The van der Waals surface area contributed by atoms with Gasteiger partial charge in [-0.1, -0.05) is 13.8 Å². The molecule has 1 aromatic carbocycles. The van der Waals surface area contributed by atoms with E-state index < -0.39 is 0 Å². The van der Waals surface area contributed by atoms with Crippen LogP contribution in [0, 0.1) is 11.3 Å². The Labute approximate surface area is 97.3 Å². The average molecular weight is 218 g/mol. The fourth-order valence-electron chi connectivity index (χ4n) is 1.46. The largest absolute Gasteiger partial charge is 0.492 e. The van der Waals surface area contributed by atoms with Crippen molar-refractivity contribution in [3.05, 3.63) is 29.8 Å². The lowest BCUT2D eigenvalue weighted by Crippen LogP contribution is -2.27. The van der Waals surface area contributed by atoms with Crippen LogP contribution in [0.2, 0.25) is 0 Å². The molecule has 0 heterocycles. The van der Waals surface area contributed by atoms with Gasteiger partial charge in [-0.3, -0.25) is 0 Å². The number of hydrogen-bond donors (Lipinski definition) is 0. The van der Waals surface area contributed by atoms with E-state index in [1.807, 2.05) is 12.1 Å². The first-order chi connectivity index (χ1) is 7.80. The third kappa shape index (κ3) is 3.92. The van der Waals surface area contributed by atoms with Gasteiger partial charge in [-0.15, -0.1) is 0 Å². The molecule has 0 aromatic heterocycles. The Morgan fingerprint density at radius 1 is 1.19 bits per heavy atom. The Bertz CT molecular complexity index is 336. The highest BCUT2D eigenvalue weighted by Gasteiger charge is 1.99. The molecule has 86 valence electrons. The molecule has 0 radical (unpaired) electrons. The van der Waals surface area contributed by atoms with Gasteiger partial charge in [0.25, 0.3) is 0 Å². The lowest BCUT2D eigenvalue weighted by Gasteiger charge is -2.17. The van der Waals surface area contributed by atoms with Crippen LogP contribution in [0.25, 0.3) is 0 Å². The molecule has 0 aliphatic rings. The summed E-state index contributed by atoms with van der Waals surface area (Å²) in [6.07, 6.45) is 0. The summed E-state index contributed by atoms with van der Waals surface area (Å²) in [5.41, 5.74) is 0.663. The van der Waals surface area contributed by atoms with Gasteiger partial charge in [-0.05, 0) is 37.4 Å². The summed E-state index contributed by atoms with van der Waals surface area (Å²) >= 11 is 0. The van der Waals surface area contributed by atoms with Crippen LogP contribution in [0.5, 0.6) is 5.75 Å². The number of rotatable bonds is 6. The van der Waals surface area contributed by atoms with Crippen molar-refractivity contribution in [2.75, 3.05) is 26.2 Å². The van der Waals surface area contributed by atoms with E-state index in [2.05, 4.69) is 24.8 Å². The SMILES string of the molecule is CCN(CC)CCOc1ccc(C#N)cc1. The van der Waals surface area contributed by atoms with Crippen LogP contribution in [0.4, 0.5) is 0 Å². The zero-order chi connectivity index (χ0) is 11.8. The van der Waals surface area contributed by atoms with Gasteiger partial charge in [-0.25, -0.2) is 0 Å². The van der Waals surface area contributed by atoms with Crippen molar-refractivity contribution in [3.8, 4) is 11.8 Å². The zero-order valence-corrected chi connectivity index (χ0v) is 9.94. The minimum absolute atomic E-state index is 0.663. The second-order valence-corrected chi connectivity index (χ2v) is 3.51. The van der Waals surface area contributed by atoms with Gasteiger partial charge in [0.1, 0.15) is 12.4 Å². The van der Waals surface area contributed by atoms with Crippen molar-refractivity contribution in [1.82, 2.24) is 4.90 Å². The minimum Gasteiger partial charge on any atom is -0.492 e. The highest BCUT2D eigenvalue weighted by atomic mass is 16.5. The molecule has 0 bridgehead atoms. The molecule has 0 atom stereocenters. The van der Waals surface area contributed by atoms with E-state index in [4.69, 9.17) is 10.00 Å². The lowest BCUT2D eigenvalue weighted by molar-refractivity contribution is 0.223. The number of likely N-dealkylation sites (N-methyl/N-ethyl adjacent to an activating group) is 1. The molecule has 3 heteroatoms. The maximum Gasteiger partial charge on any atom is 0.119 e. The van der Waals surface area contributed by atoms with E-state index in [0.717, 1.165) is 25.4 Å². The maximum absolute atomic E-state index is 8.64. The predicted molar refractivity (Wildman–Crippen MR) is 64.4 cm³/mol. The topological polar surface area (TPSA) is 36.3 Å². The van der Waals surface area contributed by atoms with Gasteiger partial charge >= 0.3 is 0 Å². The summed E-state index contributed by atoms with van der Waals surface area (Å²) in [6, 6.07) is 9.29. The van der Waals surface area contributed by atoms with Gasteiger partial charge in [0.15, 0.2) is 0 Å². The summed E-state index contributed by atoms with van der Waals surface area (Å²) < 4.78 is 5.59. The number of hydrogen-bond acceptors (Lipinski definition) is 3. The van der Waals surface area contributed by atoms with Crippen molar-refractivity contribution in [2.24, 2.45) is 0 Å². The Morgan fingerprint density at radius 2 is 1.81 bits per heavy atom. The molecule has 3 nitrogen and oxygen atoms in total. The molecular formula is C13H18N2O. The van der Waals surface area contributed by atoms with Gasteiger partial charge in [-0.2, -0.15) is 5.26 Å². The van der Waals surface area contributed by atoms with Gasteiger partial charge in [0, 0.05) is 6.54 Å². The first-order valence-electron chi connectivity index (χ1n) is 5.65. The van der Waals surface area contributed by atoms with E-state index in [1.165, 1.54) is 0 Å². The molecule has 1 aromatic rings. The van der Waals surface area contributed by atoms with Gasteiger partial charge < -0.3 is 9.64 Å². The first kappa shape index (κ1) is 12.5. The van der Waals surface area contributed by atoms with Crippen molar-refractivity contribution >= 4 is 0 Å². The number of ether oxygens (including phenoxy) is 1. The molecule has 0 unspecified atom stereocenters. The molecule has 0 N–H and O–H groups in total. The van der Waals surface area contributed by atoms with Crippen LogP contribution in [0.15, 0.2) is 24.3 Å². The third-order valence-corrected chi connectivity index (χ3v) is 2.55. The molecule has 0 saturated heterocycles. The molecule has 0 spiro atoms. The standard InChI is InChI=1S/C13H18N2O/c1-3-15(4-2)9-10-16-13-7-5-12(11-14)6-8-13/h5-8H,3-4,9-10H2,1-2H3. The Balaban J connectivity index is 2.34. The monoisotopic (exact) mass is 218 g/mol. The van der Waals surface area contributed by atoms with Crippen LogP contribution in [0.1, 0.15) is 19.4 Å². The molecular weight excluding hydrogens is 200 g/mol. The lowest BCUT2D eigenvalue weighted by atomic mass is 10.2. The number of nitriles is 1. The van der Waals surface area contributed by atoms with Crippen molar-refractivity contribution in [3.63, 3.8) is 0 Å². The number of benzene rings is 1. The molecule has 0 fully saturated rings. The quantitative estimate of drug-likeness (QED) is 0.735. The summed E-state index contributed by atoms with van der Waals surface area (Å²) in [6.45, 7) is 8.01. The Kier molecular flexibility index (Phi) is 5.38. The summed E-state index contributed by atoms with van der Waals surface area (Å²) in [5.74, 6) is 0.825. The zero-order valence-electron chi connectivity index (χ0n) is 9.94. The third-order valence-electron chi connectivity index (χ3n) is 2.55. The fourth-order valence-corrected chi connectivity index (χ4v) is 1.46. The summed E-state index contributed by atoms with van der Waals surface area (Å²) in [4.78, 5) is 2.31. The maximum atomic E-state index is 8.64. The molecule has 0 amide bonds. The summed E-state index contributed by atoms with van der Waals surface area (Å²) in [5, 5.41) is 8.64. The predicted octanol–water partition coefficient (Wildman–Crippen LogP) is 2.28. The van der Waals surface area contributed by atoms with Crippen molar-refractivity contribution in [1.29, 1.82) is 5.26 Å². The summed E-state index contributed by atoms with van der Waals surface area (Å²) in [7, 11) is 0. The van der Waals surface area contributed by atoms with E-state index in [-0.39, 0.29) is 0 Å². The molecule has 16 heavy (non-hydrogen) atoms. The van der Waals surface area contributed by atoms with E-state index in [0.29, 0.717) is 12.2 Å². The van der Waals surface area contributed by atoms with E-state index >= 15 is 0 Å². The van der Waals surface area contributed by atoms with Crippen molar-refractivity contribution < 1.29 is 4.74 Å². The highest BCUT2D eigenvalue weighted by Crippen LogP contribution is 2.11. The second kappa shape index (κ2) is 6.86. The van der Waals surface area contributed by atoms with Crippen LogP contribution >= 0.6 is 0 Å². The van der Waals surface area contributed by atoms with Crippen molar-refractivity contribution in [2.45, 2.75) is 13.8 Å². The average Bonchev–Trinajstić information content (AvgIpc) is 2.35. The van der Waals surface area contributed by atoms with Crippen LogP contribution in [-0.2, 0) is 0 Å². The molecule has 0 saturated carbocycles. The Morgan fingerprint density at radius 3 is 2.31 bits per heavy atom. The molecule has 0 aliphatic heterocycles. The molecule has 1 rings (SSSR count). The first-order valence-corrected chi connectivity index (χ1v) is 5.65.